The van der Waals surface area contributed by atoms with Crippen LogP contribution in [0.25, 0.3) is 0 Å². The summed E-state index contributed by atoms with van der Waals surface area (Å²) in [7, 11) is 0. The molecule has 0 N–H and O–H groups in total. The van der Waals surface area contributed by atoms with E-state index in [9.17, 15) is 5.21 Å². The largest absolute Gasteiger partial charge is 0.785 e. The molecule has 0 aliphatic carbocycles. The predicted molar refractivity (Wildman–Crippen MR) is 75.0 cm³/mol. The van der Waals surface area contributed by atoms with Gasteiger partial charge in [0.25, 0.3) is 0 Å². The van der Waals surface area contributed by atoms with Crippen LogP contribution in [0.1, 0.15) is 25.8 Å². The fourth-order valence-electron chi connectivity index (χ4n) is 2.66. The van der Waals surface area contributed by atoms with Crippen LogP contribution in [0.15, 0.2) is 30.3 Å². The minimum atomic E-state index is 0.399. The second-order valence-corrected chi connectivity index (χ2v) is 5.63. The van der Waals surface area contributed by atoms with Gasteiger partial charge in [-0.05, 0) is 24.4 Å². The highest BCUT2D eigenvalue weighted by atomic mass is 16.5. The second-order valence-electron chi connectivity index (χ2n) is 5.63. The molecular weight excluding hydrogens is 224 g/mol. The molecule has 0 radical (unpaired) electrons. The summed E-state index contributed by atoms with van der Waals surface area (Å²) < 4.78 is 0. The van der Waals surface area contributed by atoms with Gasteiger partial charge in [0.1, 0.15) is 0 Å². The van der Waals surface area contributed by atoms with E-state index in [2.05, 4.69) is 43.0 Å². The van der Waals surface area contributed by atoms with E-state index in [0.29, 0.717) is 25.0 Å². The number of hydrogen-bond acceptors (Lipinski definition) is 3. The first-order valence-electron chi connectivity index (χ1n) is 6.85. The van der Waals surface area contributed by atoms with Crippen molar-refractivity contribution in [3.8, 4) is 0 Å². The molecular formula is C15H23N2O-. The molecule has 1 aliphatic rings. The van der Waals surface area contributed by atoms with Crippen LogP contribution >= 0.6 is 0 Å². The van der Waals surface area contributed by atoms with E-state index in [-0.39, 0.29) is 0 Å². The number of benzene rings is 1. The first-order chi connectivity index (χ1) is 8.65. The summed E-state index contributed by atoms with van der Waals surface area (Å²) in [4.78, 5) is 2.46. The molecule has 18 heavy (non-hydrogen) atoms. The fraction of sp³-hybridized carbons (Fsp3) is 0.600. The third kappa shape index (κ3) is 3.80. The zero-order chi connectivity index (χ0) is 13.0. The third-order valence-corrected chi connectivity index (χ3v) is 3.54. The van der Waals surface area contributed by atoms with Crippen LogP contribution in [0.2, 0.25) is 0 Å². The van der Waals surface area contributed by atoms with Crippen LogP contribution in [-0.2, 0) is 6.54 Å². The highest BCUT2D eigenvalue weighted by molar-refractivity contribution is 5.14. The van der Waals surface area contributed by atoms with Gasteiger partial charge in [0.15, 0.2) is 0 Å². The summed E-state index contributed by atoms with van der Waals surface area (Å²) in [5, 5.41) is 12.8. The van der Waals surface area contributed by atoms with Gasteiger partial charge >= 0.3 is 0 Å². The van der Waals surface area contributed by atoms with Crippen molar-refractivity contribution in [1.29, 1.82) is 0 Å². The van der Waals surface area contributed by atoms with Crippen molar-refractivity contribution in [2.45, 2.75) is 32.9 Å². The quantitative estimate of drug-likeness (QED) is 0.819. The van der Waals surface area contributed by atoms with Gasteiger partial charge in [0.05, 0.1) is 0 Å². The smallest absolute Gasteiger partial charge is 0.0237 e. The van der Waals surface area contributed by atoms with Crippen LogP contribution < -0.4 is 0 Å². The van der Waals surface area contributed by atoms with Crippen LogP contribution in [-0.4, -0.2) is 35.6 Å². The lowest BCUT2D eigenvalue weighted by molar-refractivity contribution is 0.0811. The molecule has 0 aromatic heterocycles. The van der Waals surface area contributed by atoms with E-state index >= 15 is 0 Å². The normalized spacial score (nSPS) is 22.6. The van der Waals surface area contributed by atoms with Gasteiger partial charge in [0.2, 0.25) is 0 Å². The van der Waals surface area contributed by atoms with Gasteiger partial charge in [-0.2, -0.15) is 0 Å². The Kier molecular flexibility index (Phi) is 4.75. The van der Waals surface area contributed by atoms with Crippen molar-refractivity contribution < 1.29 is 0 Å². The molecule has 3 heteroatoms. The second kappa shape index (κ2) is 6.32. The van der Waals surface area contributed by atoms with Crippen LogP contribution in [0.5, 0.6) is 0 Å². The molecule has 1 aliphatic heterocycles. The number of hydrogen-bond donors (Lipinski definition) is 0. The van der Waals surface area contributed by atoms with Crippen molar-refractivity contribution in [3.05, 3.63) is 41.1 Å². The molecule has 100 valence electrons. The van der Waals surface area contributed by atoms with E-state index < -0.39 is 0 Å². The first-order valence-corrected chi connectivity index (χ1v) is 6.85. The Labute approximate surface area is 110 Å². The zero-order valence-electron chi connectivity index (χ0n) is 11.4. The number of rotatable bonds is 4. The molecule has 2 rings (SSSR count). The molecule has 1 heterocycles. The summed E-state index contributed by atoms with van der Waals surface area (Å²) in [6.45, 7) is 7.60. The molecule has 1 saturated heterocycles. The molecule has 0 bridgehead atoms. The standard InChI is InChI=1S/C15H23N2O/c1-13(2)10-15-12-17(18)9-8-16(15)11-14-6-4-3-5-7-14/h3-7,13,15H,8-12H2,1-2H3/q-1. The highest BCUT2D eigenvalue weighted by Crippen LogP contribution is 2.19. The van der Waals surface area contributed by atoms with Gasteiger partial charge in [-0.1, -0.05) is 44.2 Å². The van der Waals surface area contributed by atoms with Gasteiger partial charge in [-0.3, -0.25) is 4.90 Å². The van der Waals surface area contributed by atoms with E-state index in [1.54, 1.807) is 0 Å². The van der Waals surface area contributed by atoms with Gasteiger partial charge < -0.3 is 10.3 Å². The molecule has 0 saturated carbocycles. The molecule has 3 nitrogen and oxygen atoms in total. The predicted octanol–water partition coefficient (Wildman–Crippen LogP) is 2.72. The maximum atomic E-state index is 11.5. The maximum Gasteiger partial charge on any atom is 0.0237 e. The first kappa shape index (κ1) is 13.5. The molecule has 1 aromatic rings. The molecule has 0 spiro atoms. The molecule has 1 fully saturated rings. The summed E-state index contributed by atoms with van der Waals surface area (Å²) in [6, 6.07) is 10.9. The van der Waals surface area contributed by atoms with Crippen molar-refractivity contribution in [2.24, 2.45) is 5.92 Å². The summed E-state index contributed by atoms with van der Waals surface area (Å²) in [5.74, 6) is 0.639. The van der Waals surface area contributed by atoms with Crippen LogP contribution in [0.4, 0.5) is 0 Å². The monoisotopic (exact) mass is 247 g/mol. The Hall–Kier alpha value is -0.900. The molecule has 1 aromatic carbocycles. The fourth-order valence-corrected chi connectivity index (χ4v) is 2.66. The van der Waals surface area contributed by atoms with E-state index in [4.69, 9.17) is 0 Å². The lowest BCUT2D eigenvalue weighted by Gasteiger charge is -2.45. The van der Waals surface area contributed by atoms with E-state index in [1.165, 1.54) is 10.6 Å². The molecule has 1 unspecified atom stereocenters. The Morgan fingerprint density at radius 1 is 1.22 bits per heavy atom. The van der Waals surface area contributed by atoms with Crippen molar-refractivity contribution in [2.75, 3.05) is 19.6 Å². The minimum Gasteiger partial charge on any atom is -0.785 e. The number of piperazine rings is 1. The Morgan fingerprint density at radius 2 is 1.94 bits per heavy atom. The Morgan fingerprint density at radius 3 is 2.61 bits per heavy atom. The van der Waals surface area contributed by atoms with Crippen molar-refractivity contribution in [1.82, 2.24) is 9.96 Å². The average molecular weight is 247 g/mol. The van der Waals surface area contributed by atoms with E-state index in [1.807, 2.05) is 6.07 Å². The van der Waals surface area contributed by atoms with Crippen molar-refractivity contribution >= 4 is 0 Å². The lowest BCUT2D eigenvalue weighted by atomic mass is 10.00. The maximum absolute atomic E-state index is 11.5. The Bertz CT molecular complexity index is 351. The number of hydroxylamine groups is 2. The topological polar surface area (TPSA) is 29.5 Å². The molecule has 1 atom stereocenters. The van der Waals surface area contributed by atoms with Gasteiger partial charge in [-0.15, -0.1) is 0 Å². The van der Waals surface area contributed by atoms with Crippen LogP contribution in [0, 0.1) is 11.1 Å². The van der Waals surface area contributed by atoms with E-state index in [0.717, 1.165) is 19.5 Å². The number of nitrogens with zero attached hydrogens (tertiary/aromatic N) is 2. The average Bonchev–Trinajstić information content (AvgIpc) is 2.33. The van der Waals surface area contributed by atoms with Gasteiger partial charge in [-0.25, -0.2) is 0 Å². The Balaban J connectivity index is 2.00. The summed E-state index contributed by atoms with van der Waals surface area (Å²) in [6.07, 6.45) is 1.10. The zero-order valence-corrected chi connectivity index (χ0v) is 11.4. The SMILES string of the molecule is CC(C)CC1CN([O-])CCN1Cc1ccccc1. The summed E-state index contributed by atoms with van der Waals surface area (Å²) in [5.41, 5.74) is 1.34. The minimum absolute atomic E-state index is 0.399. The van der Waals surface area contributed by atoms with Crippen molar-refractivity contribution in [3.63, 3.8) is 0 Å². The highest BCUT2D eigenvalue weighted by Gasteiger charge is 2.23. The van der Waals surface area contributed by atoms with Crippen LogP contribution in [0.3, 0.4) is 0 Å². The third-order valence-electron chi connectivity index (χ3n) is 3.54. The lowest BCUT2D eigenvalue weighted by Crippen LogP contribution is -2.51. The molecule has 0 amide bonds. The van der Waals surface area contributed by atoms with Gasteiger partial charge in [0, 0.05) is 25.7 Å². The summed E-state index contributed by atoms with van der Waals surface area (Å²) >= 11 is 0.